The molecule has 0 bridgehead atoms. The van der Waals surface area contributed by atoms with Crippen LogP contribution < -0.4 is 10.6 Å². The molecule has 27 heavy (non-hydrogen) atoms. The number of halogens is 2. The molecule has 1 saturated carbocycles. The van der Waals surface area contributed by atoms with E-state index >= 15 is 0 Å². The first-order chi connectivity index (χ1) is 12.5. The normalized spacial score (nSPS) is 17.6. The van der Waals surface area contributed by atoms with Crippen LogP contribution in [-0.2, 0) is 11.0 Å². The van der Waals surface area contributed by atoms with Crippen LogP contribution in [-0.4, -0.2) is 30.7 Å². The van der Waals surface area contributed by atoms with E-state index in [9.17, 15) is 9.50 Å². The van der Waals surface area contributed by atoms with E-state index in [0.717, 1.165) is 18.4 Å². The van der Waals surface area contributed by atoms with Crippen molar-refractivity contribution in [1.29, 1.82) is 0 Å². The molecule has 1 aromatic heterocycles. The van der Waals surface area contributed by atoms with Crippen molar-refractivity contribution in [2.24, 2.45) is 4.99 Å². The summed E-state index contributed by atoms with van der Waals surface area (Å²) in [7, 11) is 0. The first-order valence-electron chi connectivity index (χ1n) is 9.00. The molecule has 1 unspecified atom stereocenters. The van der Waals surface area contributed by atoms with E-state index in [-0.39, 0.29) is 41.8 Å². The van der Waals surface area contributed by atoms with Crippen LogP contribution in [0.1, 0.15) is 38.0 Å². The SMILES string of the molecule is CCNC(=NCC(C)(O)c1ccco1)NCC1(c2cccc(F)c2)CC1.I. The van der Waals surface area contributed by atoms with E-state index in [1.165, 1.54) is 12.3 Å². The zero-order valence-corrected chi connectivity index (χ0v) is 18.0. The molecule has 0 aliphatic heterocycles. The molecule has 1 aliphatic carbocycles. The van der Waals surface area contributed by atoms with Gasteiger partial charge in [0.05, 0.1) is 12.8 Å². The summed E-state index contributed by atoms with van der Waals surface area (Å²) in [5.41, 5.74) is -0.198. The van der Waals surface area contributed by atoms with E-state index in [2.05, 4.69) is 15.6 Å². The first kappa shape index (κ1) is 21.7. The molecular formula is C20H27FIN3O2. The third-order valence-corrected chi connectivity index (χ3v) is 4.83. The third-order valence-electron chi connectivity index (χ3n) is 4.83. The molecule has 1 aromatic carbocycles. The second kappa shape index (κ2) is 9.05. The molecule has 3 rings (SSSR count). The highest BCUT2D eigenvalue weighted by Gasteiger charge is 2.44. The predicted octanol–water partition coefficient (Wildman–Crippen LogP) is 3.53. The lowest BCUT2D eigenvalue weighted by Crippen LogP contribution is -2.42. The second-order valence-corrected chi connectivity index (χ2v) is 7.09. The van der Waals surface area contributed by atoms with Crippen LogP contribution in [0.5, 0.6) is 0 Å². The number of furan rings is 1. The molecular weight excluding hydrogens is 460 g/mol. The molecule has 5 nitrogen and oxygen atoms in total. The van der Waals surface area contributed by atoms with Gasteiger partial charge in [-0.15, -0.1) is 24.0 Å². The van der Waals surface area contributed by atoms with Crippen LogP contribution in [0.4, 0.5) is 4.39 Å². The van der Waals surface area contributed by atoms with E-state index in [0.29, 0.717) is 24.8 Å². The molecule has 7 heteroatoms. The maximum absolute atomic E-state index is 13.5. The van der Waals surface area contributed by atoms with E-state index in [1.54, 1.807) is 31.2 Å². The minimum Gasteiger partial charge on any atom is -0.466 e. The maximum Gasteiger partial charge on any atom is 0.191 e. The zero-order chi connectivity index (χ0) is 18.6. The van der Waals surface area contributed by atoms with Gasteiger partial charge in [0.15, 0.2) is 5.96 Å². The number of guanidine groups is 1. The lowest BCUT2D eigenvalue weighted by molar-refractivity contribution is 0.0437. The highest BCUT2D eigenvalue weighted by Crippen LogP contribution is 2.47. The fourth-order valence-corrected chi connectivity index (χ4v) is 3.03. The molecule has 2 aromatic rings. The Morgan fingerprint density at radius 1 is 1.30 bits per heavy atom. The number of rotatable bonds is 7. The summed E-state index contributed by atoms with van der Waals surface area (Å²) in [5.74, 6) is 0.904. The van der Waals surface area contributed by atoms with Crippen LogP contribution in [0.2, 0.25) is 0 Å². The Morgan fingerprint density at radius 2 is 2.07 bits per heavy atom. The van der Waals surface area contributed by atoms with Crippen LogP contribution in [0.15, 0.2) is 52.1 Å². The molecule has 0 spiro atoms. The Bertz CT molecular complexity index is 758. The van der Waals surface area contributed by atoms with Crippen LogP contribution in [0.3, 0.4) is 0 Å². The molecule has 3 N–H and O–H groups in total. The molecule has 1 atom stereocenters. The van der Waals surface area contributed by atoms with Gasteiger partial charge in [0, 0.05) is 18.5 Å². The topological polar surface area (TPSA) is 69.8 Å². The first-order valence-corrected chi connectivity index (χ1v) is 9.00. The van der Waals surface area contributed by atoms with Gasteiger partial charge < -0.3 is 20.2 Å². The van der Waals surface area contributed by atoms with Gasteiger partial charge in [-0.25, -0.2) is 9.38 Å². The molecule has 0 amide bonds. The van der Waals surface area contributed by atoms with Crippen molar-refractivity contribution in [2.45, 2.75) is 37.7 Å². The van der Waals surface area contributed by atoms with Crippen LogP contribution >= 0.6 is 24.0 Å². The van der Waals surface area contributed by atoms with Crippen molar-refractivity contribution in [3.63, 3.8) is 0 Å². The monoisotopic (exact) mass is 487 g/mol. The van der Waals surface area contributed by atoms with Crippen molar-refractivity contribution >= 4 is 29.9 Å². The molecule has 0 saturated heterocycles. The zero-order valence-electron chi connectivity index (χ0n) is 15.7. The number of aliphatic imine (C=N–C) groups is 1. The molecule has 1 fully saturated rings. The molecule has 148 valence electrons. The highest BCUT2D eigenvalue weighted by molar-refractivity contribution is 14.0. The summed E-state index contributed by atoms with van der Waals surface area (Å²) >= 11 is 0. The van der Waals surface area contributed by atoms with Gasteiger partial charge in [0.2, 0.25) is 0 Å². The van der Waals surface area contributed by atoms with Crippen LogP contribution in [0, 0.1) is 5.82 Å². The number of benzene rings is 1. The summed E-state index contributed by atoms with van der Waals surface area (Å²) in [6, 6.07) is 10.3. The number of nitrogens with zero attached hydrogens (tertiary/aromatic N) is 1. The van der Waals surface area contributed by atoms with Gasteiger partial charge in [-0.3, -0.25) is 0 Å². The Kier molecular flexibility index (Phi) is 7.27. The Morgan fingerprint density at radius 3 is 2.67 bits per heavy atom. The summed E-state index contributed by atoms with van der Waals surface area (Å²) in [4.78, 5) is 4.49. The predicted molar refractivity (Wildman–Crippen MR) is 115 cm³/mol. The summed E-state index contributed by atoms with van der Waals surface area (Å²) in [5, 5.41) is 17.1. The van der Waals surface area contributed by atoms with Crippen molar-refractivity contribution in [2.75, 3.05) is 19.6 Å². The lowest BCUT2D eigenvalue weighted by Gasteiger charge is -2.21. The molecule has 0 radical (unpaired) electrons. The van der Waals surface area contributed by atoms with Gasteiger partial charge in [-0.2, -0.15) is 0 Å². The standard InChI is InChI=1S/C20H26FN3O2.HI/c1-3-22-18(23-13-19(2,25)17-8-5-11-26-17)24-14-20(9-10-20)15-6-4-7-16(21)12-15;/h4-8,11-12,25H,3,9-10,13-14H2,1-2H3,(H2,22,23,24);1H. The Labute approximate surface area is 176 Å². The van der Waals surface area contributed by atoms with Crippen molar-refractivity contribution in [3.05, 3.63) is 59.8 Å². The minimum atomic E-state index is -1.17. The lowest BCUT2D eigenvalue weighted by atomic mass is 9.96. The maximum atomic E-state index is 13.5. The van der Waals surface area contributed by atoms with Gasteiger partial charge >= 0.3 is 0 Å². The van der Waals surface area contributed by atoms with Gasteiger partial charge in [-0.1, -0.05) is 12.1 Å². The van der Waals surface area contributed by atoms with Gasteiger partial charge in [-0.05, 0) is 56.5 Å². The fourth-order valence-electron chi connectivity index (χ4n) is 3.03. The quantitative estimate of drug-likeness (QED) is 0.318. The van der Waals surface area contributed by atoms with E-state index in [1.807, 2.05) is 13.0 Å². The number of hydrogen-bond donors (Lipinski definition) is 3. The number of hydrogen-bond acceptors (Lipinski definition) is 3. The average molecular weight is 487 g/mol. The van der Waals surface area contributed by atoms with Crippen molar-refractivity contribution in [1.82, 2.24) is 10.6 Å². The van der Waals surface area contributed by atoms with Crippen molar-refractivity contribution in [3.8, 4) is 0 Å². The highest BCUT2D eigenvalue weighted by atomic mass is 127. The van der Waals surface area contributed by atoms with Crippen LogP contribution in [0.25, 0.3) is 0 Å². The van der Waals surface area contributed by atoms with Crippen molar-refractivity contribution < 1.29 is 13.9 Å². The minimum absolute atomic E-state index is 0. The molecule has 1 aliphatic rings. The summed E-state index contributed by atoms with van der Waals surface area (Å²) in [6.07, 6.45) is 3.58. The number of aliphatic hydroxyl groups is 1. The smallest absolute Gasteiger partial charge is 0.191 e. The van der Waals surface area contributed by atoms with E-state index in [4.69, 9.17) is 4.42 Å². The second-order valence-electron chi connectivity index (χ2n) is 7.09. The number of nitrogens with one attached hydrogen (secondary N) is 2. The Balaban J connectivity index is 0.00000261. The Hall–Kier alpha value is -1.61. The van der Waals surface area contributed by atoms with Gasteiger partial charge in [0.1, 0.15) is 17.2 Å². The van der Waals surface area contributed by atoms with E-state index < -0.39 is 5.60 Å². The average Bonchev–Trinajstić information content (AvgIpc) is 3.19. The molecule has 1 heterocycles. The van der Waals surface area contributed by atoms with Gasteiger partial charge in [0.25, 0.3) is 0 Å². The summed E-state index contributed by atoms with van der Waals surface area (Å²) < 4.78 is 18.8. The summed E-state index contributed by atoms with van der Waals surface area (Å²) in [6.45, 7) is 5.21. The largest absolute Gasteiger partial charge is 0.466 e. The third kappa shape index (κ3) is 5.44. The fraction of sp³-hybridized carbons (Fsp3) is 0.450.